The van der Waals surface area contributed by atoms with E-state index in [1.807, 2.05) is 6.07 Å². The predicted molar refractivity (Wildman–Crippen MR) is 94.5 cm³/mol. The molecule has 0 aliphatic carbocycles. The molecule has 1 amide bonds. The van der Waals surface area contributed by atoms with Gasteiger partial charge in [0.1, 0.15) is 0 Å². The lowest BCUT2D eigenvalue weighted by atomic mass is 10.1. The molecule has 7 heteroatoms. The van der Waals surface area contributed by atoms with Crippen LogP contribution in [0.1, 0.15) is 19.8 Å². The van der Waals surface area contributed by atoms with Gasteiger partial charge in [0.2, 0.25) is 15.9 Å². The number of rotatable bonds is 5. The molecule has 1 heterocycles. The van der Waals surface area contributed by atoms with Crippen molar-refractivity contribution in [3.63, 3.8) is 0 Å². The van der Waals surface area contributed by atoms with E-state index >= 15 is 0 Å². The highest BCUT2D eigenvalue weighted by molar-refractivity contribution is 7.89. The van der Waals surface area contributed by atoms with Gasteiger partial charge < -0.3 is 10.6 Å². The quantitative estimate of drug-likeness (QED) is 0.770. The van der Waals surface area contributed by atoms with Gasteiger partial charge in [0, 0.05) is 36.0 Å². The summed E-state index contributed by atoms with van der Waals surface area (Å²) in [5, 5.41) is 7.31. The lowest BCUT2D eigenvalue weighted by Gasteiger charge is -2.15. The number of anilines is 1. The third-order valence-electron chi connectivity index (χ3n) is 4.17. The van der Waals surface area contributed by atoms with Crippen LogP contribution in [0.3, 0.4) is 0 Å². The first-order chi connectivity index (χ1) is 11.5. The molecule has 24 heavy (non-hydrogen) atoms. The molecule has 1 fully saturated rings. The van der Waals surface area contributed by atoms with E-state index in [4.69, 9.17) is 0 Å². The minimum atomic E-state index is -3.62. The first-order valence-corrected chi connectivity index (χ1v) is 9.48. The van der Waals surface area contributed by atoms with Crippen LogP contribution in [0.2, 0.25) is 0 Å². The van der Waals surface area contributed by atoms with Crippen LogP contribution in [0.25, 0.3) is 10.8 Å². The summed E-state index contributed by atoms with van der Waals surface area (Å²) in [6.07, 6.45) is 2.05. The molecule has 2 aromatic rings. The summed E-state index contributed by atoms with van der Waals surface area (Å²) in [6, 6.07) is 10.5. The monoisotopic (exact) mass is 347 g/mol. The number of sulfonamides is 1. The molecule has 1 saturated heterocycles. The third kappa shape index (κ3) is 3.58. The number of hydrogen-bond donors (Lipinski definition) is 3. The SMILES string of the molecule is CC(=O)Nc1ccc(S(=O)(=O)NCC2CCCN2)c2ccccc12. The Morgan fingerprint density at radius 1 is 1.21 bits per heavy atom. The molecule has 6 nitrogen and oxygen atoms in total. The highest BCUT2D eigenvalue weighted by Gasteiger charge is 2.21. The fourth-order valence-electron chi connectivity index (χ4n) is 3.02. The van der Waals surface area contributed by atoms with Crippen LogP contribution in [0, 0.1) is 0 Å². The molecular weight excluding hydrogens is 326 g/mol. The zero-order valence-corrected chi connectivity index (χ0v) is 14.3. The van der Waals surface area contributed by atoms with Gasteiger partial charge in [0.05, 0.1) is 4.90 Å². The van der Waals surface area contributed by atoms with Crippen molar-refractivity contribution >= 4 is 32.4 Å². The molecule has 0 aromatic heterocycles. The van der Waals surface area contributed by atoms with Gasteiger partial charge in [-0.3, -0.25) is 4.79 Å². The van der Waals surface area contributed by atoms with Crippen molar-refractivity contribution in [2.75, 3.05) is 18.4 Å². The van der Waals surface area contributed by atoms with Crippen LogP contribution < -0.4 is 15.4 Å². The van der Waals surface area contributed by atoms with Gasteiger partial charge >= 0.3 is 0 Å². The van der Waals surface area contributed by atoms with Gasteiger partial charge in [0.25, 0.3) is 0 Å². The molecule has 1 aliphatic rings. The Bertz CT molecular complexity index is 859. The maximum absolute atomic E-state index is 12.7. The highest BCUT2D eigenvalue weighted by Crippen LogP contribution is 2.29. The second-order valence-electron chi connectivity index (χ2n) is 5.98. The number of fused-ring (bicyclic) bond motifs is 1. The number of hydrogen-bond acceptors (Lipinski definition) is 4. The van der Waals surface area contributed by atoms with E-state index in [1.165, 1.54) is 13.0 Å². The smallest absolute Gasteiger partial charge is 0.241 e. The summed E-state index contributed by atoms with van der Waals surface area (Å²) in [7, 11) is -3.62. The van der Waals surface area contributed by atoms with Crippen LogP contribution in [0.15, 0.2) is 41.3 Å². The fraction of sp³-hybridized carbons (Fsp3) is 0.353. The van der Waals surface area contributed by atoms with Crippen molar-refractivity contribution in [1.29, 1.82) is 0 Å². The summed E-state index contributed by atoms with van der Waals surface area (Å²) in [5.74, 6) is -0.193. The van der Waals surface area contributed by atoms with E-state index in [0.717, 1.165) is 19.4 Å². The molecule has 3 rings (SSSR count). The summed E-state index contributed by atoms with van der Waals surface area (Å²) in [5.41, 5.74) is 0.606. The number of amides is 1. The van der Waals surface area contributed by atoms with Crippen LogP contribution in [-0.4, -0.2) is 33.5 Å². The van der Waals surface area contributed by atoms with Crippen molar-refractivity contribution in [2.24, 2.45) is 0 Å². The number of carbonyl (C=O) groups is 1. The van der Waals surface area contributed by atoms with E-state index in [-0.39, 0.29) is 16.8 Å². The topological polar surface area (TPSA) is 87.3 Å². The molecule has 0 bridgehead atoms. The largest absolute Gasteiger partial charge is 0.326 e. The van der Waals surface area contributed by atoms with Crippen LogP contribution in [0.4, 0.5) is 5.69 Å². The molecule has 1 atom stereocenters. The maximum Gasteiger partial charge on any atom is 0.241 e. The van der Waals surface area contributed by atoms with Gasteiger partial charge in [0.15, 0.2) is 0 Å². The van der Waals surface area contributed by atoms with E-state index < -0.39 is 10.0 Å². The van der Waals surface area contributed by atoms with Crippen molar-refractivity contribution < 1.29 is 13.2 Å². The van der Waals surface area contributed by atoms with E-state index in [1.54, 1.807) is 24.3 Å². The van der Waals surface area contributed by atoms with Gasteiger partial charge in [-0.15, -0.1) is 0 Å². The Morgan fingerprint density at radius 3 is 2.62 bits per heavy atom. The Kier molecular flexibility index (Phi) is 4.84. The Balaban J connectivity index is 1.95. The van der Waals surface area contributed by atoms with Crippen LogP contribution >= 0.6 is 0 Å². The molecule has 1 unspecified atom stereocenters. The molecule has 3 N–H and O–H groups in total. The van der Waals surface area contributed by atoms with Gasteiger partial charge in [-0.05, 0) is 31.5 Å². The summed E-state index contributed by atoms with van der Waals surface area (Å²) in [4.78, 5) is 11.6. The molecular formula is C17H21N3O3S. The lowest BCUT2D eigenvalue weighted by molar-refractivity contribution is -0.114. The zero-order chi connectivity index (χ0) is 17.2. The van der Waals surface area contributed by atoms with E-state index in [9.17, 15) is 13.2 Å². The molecule has 0 saturated carbocycles. The van der Waals surface area contributed by atoms with Crippen molar-refractivity contribution in [3.8, 4) is 0 Å². The van der Waals surface area contributed by atoms with E-state index in [0.29, 0.717) is 23.0 Å². The second kappa shape index (κ2) is 6.88. The van der Waals surface area contributed by atoms with Crippen molar-refractivity contribution in [1.82, 2.24) is 10.0 Å². The summed E-state index contributed by atoms with van der Waals surface area (Å²) < 4.78 is 28.1. The Hall–Kier alpha value is -1.96. The minimum Gasteiger partial charge on any atom is -0.326 e. The Morgan fingerprint density at radius 2 is 1.96 bits per heavy atom. The first kappa shape index (κ1) is 16.9. The predicted octanol–water partition coefficient (Wildman–Crippen LogP) is 1.83. The second-order valence-corrected chi connectivity index (χ2v) is 7.72. The average Bonchev–Trinajstić information content (AvgIpc) is 3.06. The number of nitrogens with one attached hydrogen (secondary N) is 3. The first-order valence-electron chi connectivity index (χ1n) is 8.00. The molecule has 2 aromatic carbocycles. The van der Waals surface area contributed by atoms with E-state index in [2.05, 4.69) is 15.4 Å². The standard InChI is InChI=1S/C17H21N3O3S/c1-12(21)20-16-8-9-17(15-7-3-2-6-14(15)16)24(22,23)19-11-13-5-4-10-18-13/h2-3,6-9,13,18-19H,4-5,10-11H2,1H3,(H,20,21). The number of carbonyl (C=O) groups excluding carboxylic acids is 1. The van der Waals surface area contributed by atoms with Crippen molar-refractivity contribution in [3.05, 3.63) is 36.4 Å². The zero-order valence-electron chi connectivity index (χ0n) is 13.5. The van der Waals surface area contributed by atoms with Gasteiger partial charge in [-0.1, -0.05) is 24.3 Å². The summed E-state index contributed by atoms with van der Waals surface area (Å²) >= 11 is 0. The van der Waals surface area contributed by atoms with Crippen LogP contribution in [0.5, 0.6) is 0 Å². The summed E-state index contributed by atoms with van der Waals surface area (Å²) in [6.45, 7) is 2.74. The third-order valence-corrected chi connectivity index (χ3v) is 5.65. The molecule has 1 aliphatic heterocycles. The van der Waals surface area contributed by atoms with Gasteiger partial charge in [-0.2, -0.15) is 0 Å². The molecule has 0 spiro atoms. The lowest BCUT2D eigenvalue weighted by Crippen LogP contribution is -2.37. The van der Waals surface area contributed by atoms with Crippen molar-refractivity contribution in [2.45, 2.75) is 30.7 Å². The van der Waals surface area contributed by atoms with Crippen LogP contribution in [-0.2, 0) is 14.8 Å². The highest BCUT2D eigenvalue weighted by atomic mass is 32.2. The average molecular weight is 347 g/mol. The number of benzene rings is 2. The maximum atomic E-state index is 12.7. The van der Waals surface area contributed by atoms with Gasteiger partial charge in [-0.25, -0.2) is 13.1 Å². The minimum absolute atomic E-state index is 0.185. The Labute approximate surface area is 141 Å². The molecule has 0 radical (unpaired) electrons. The fourth-order valence-corrected chi connectivity index (χ4v) is 4.31. The molecule has 128 valence electrons. The normalized spacial score (nSPS) is 18.0.